The third-order valence-electron chi connectivity index (χ3n) is 4.54. The minimum Gasteiger partial charge on any atom is -0.330 e. The van der Waals surface area contributed by atoms with Crippen molar-refractivity contribution in [1.29, 1.82) is 0 Å². The molecule has 7 nitrogen and oxygen atoms in total. The summed E-state index contributed by atoms with van der Waals surface area (Å²) >= 11 is 0. The van der Waals surface area contributed by atoms with Crippen LogP contribution in [0.3, 0.4) is 0 Å². The van der Waals surface area contributed by atoms with Crippen LogP contribution >= 0.6 is 12.4 Å². The minimum atomic E-state index is -3.44. The summed E-state index contributed by atoms with van der Waals surface area (Å²) in [6.07, 6.45) is 5.06. The molecule has 4 rings (SSSR count). The van der Waals surface area contributed by atoms with Crippen LogP contribution in [-0.2, 0) is 27.8 Å². The molecule has 0 spiro atoms. The first kappa shape index (κ1) is 19.5. The number of benzene rings is 1. The average Bonchev–Trinajstić information content (AvgIpc) is 2.63. The second-order valence-corrected chi connectivity index (χ2v) is 8.05. The summed E-state index contributed by atoms with van der Waals surface area (Å²) in [5.74, 6) is -0.686. The van der Waals surface area contributed by atoms with Crippen LogP contribution in [0, 0.1) is 5.82 Å². The predicted molar refractivity (Wildman–Crippen MR) is 103 cm³/mol. The van der Waals surface area contributed by atoms with E-state index < -0.39 is 21.7 Å². The quantitative estimate of drug-likeness (QED) is 0.764. The van der Waals surface area contributed by atoms with Gasteiger partial charge in [-0.25, -0.2) is 12.8 Å². The summed E-state index contributed by atoms with van der Waals surface area (Å²) in [6, 6.07) is 3.37. The molecule has 0 atom stereocenters. The summed E-state index contributed by atoms with van der Waals surface area (Å²) in [5.41, 5.74) is 1.98. The van der Waals surface area contributed by atoms with E-state index in [4.69, 9.17) is 0 Å². The van der Waals surface area contributed by atoms with Gasteiger partial charge in [0.1, 0.15) is 11.7 Å². The summed E-state index contributed by atoms with van der Waals surface area (Å²) in [4.78, 5) is 14.1. The van der Waals surface area contributed by atoms with Crippen molar-refractivity contribution in [3.05, 3.63) is 53.0 Å². The lowest BCUT2D eigenvalue weighted by Crippen LogP contribution is -2.37. The number of halogens is 2. The molecular weight excluding hydrogens is 395 g/mol. The van der Waals surface area contributed by atoms with E-state index in [-0.39, 0.29) is 36.2 Å². The highest BCUT2D eigenvalue weighted by Crippen LogP contribution is 2.25. The van der Waals surface area contributed by atoms with Crippen LogP contribution in [-0.4, -0.2) is 43.9 Å². The Kier molecular flexibility index (Phi) is 5.36. The van der Waals surface area contributed by atoms with Gasteiger partial charge >= 0.3 is 0 Å². The number of hydrogen-bond donors (Lipinski definition) is 2. The molecule has 1 aromatic carbocycles. The van der Waals surface area contributed by atoms with Gasteiger partial charge in [0.2, 0.25) is 0 Å². The second kappa shape index (κ2) is 7.41. The lowest BCUT2D eigenvalue weighted by Gasteiger charge is -2.27. The molecule has 0 fully saturated rings. The number of carbonyl (C=O) groups excluding carboxylic acids is 1. The van der Waals surface area contributed by atoms with Crippen LogP contribution in [0.4, 0.5) is 10.1 Å². The molecule has 3 aliphatic heterocycles. The fourth-order valence-corrected chi connectivity index (χ4v) is 4.13. The molecule has 3 aliphatic rings. The van der Waals surface area contributed by atoms with E-state index in [1.54, 1.807) is 11.0 Å². The molecule has 0 aliphatic carbocycles. The summed E-state index contributed by atoms with van der Waals surface area (Å²) in [6.45, 7) is 1.55. The van der Waals surface area contributed by atoms with E-state index in [9.17, 15) is 17.6 Å². The minimum absolute atomic E-state index is 0. The molecule has 0 saturated carbocycles. The number of fused-ring (bicyclic) bond motifs is 2. The standard InChI is InChI=1S/C17H17FN4O3S.ClH/c18-16-13-5-6-19-9-11(13)1-3-14(16)20-17(23)12-2-4-15-21-26(24,25)8-7-22(15)10-12;/h1-4,10,19H,5-9H2,(H,20,23);1H. The molecule has 3 heterocycles. The summed E-state index contributed by atoms with van der Waals surface area (Å²) < 4.78 is 41.4. The van der Waals surface area contributed by atoms with Crippen molar-refractivity contribution in [2.45, 2.75) is 13.0 Å². The summed E-state index contributed by atoms with van der Waals surface area (Å²) in [7, 11) is -3.44. The topological polar surface area (TPSA) is 90.9 Å². The molecule has 1 amide bonds. The Hall–Kier alpha value is -2.23. The normalized spacial score (nSPS) is 19.8. The molecule has 2 N–H and O–H groups in total. The van der Waals surface area contributed by atoms with Gasteiger partial charge in [-0.15, -0.1) is 16.8 Å². The third kappa shape index (κ3) is 3.90. The number of anilines is 1. The molecule has 27 heavy (non-hydrogen) atoms. The Labute approximate surface area is 162 Å². The molecule has 0 bridgehead atoms. The van der Waals surface area contributed by atoms with Gasteiger partial charge in [0.25, 0.3) is 15.9 Å². The first-order valence-electron chi connectivity index (χ1n) is 8.24. The first-order chi connectivity index (χ1) is 12.4. The number of carbonyl (C=O) groups is 1. The molecule has 0 aromatic heterocycles. The van der Waals surface area contributed by atoms with Gasteiger partial charge in [0, 0.05) is 19.3 Å². The van der Waals surface area contributed by atoms with Crippen molar-refractivity contribution < 1.29 is 17.6 Å². The zero-order valence-corrected chi connectivity index (χ0v) is 15.9. The largest absolute Gasteiger partial charge is 0.330 e. The summed E-state index contributed by atoms with van der Waals surface area (Å²) in [5, 5.41) is 5.78. The average molecular weight is 413 g/mol. The van der Waals surface area contributed by atoms with Gasteiger partial charge in [0.05, 0.1) is 17.0 Å². The fraction of sp³-hybridized carbons (Fsp3) is 0.294. The monoisotopic (exact) mass is 412 g/mol. The van der Waals surface area contributed by atoms with E-state index in [0.717, 1.165) is 5.56 Å². The maximum absolute atomic E-state index is 14.7. The van der Waals surface area contributed by atoms with Gasteiger partial charge < -0.3 is 15.5 Å². The van der Waals surface area contributed by atoms with Crippen molar-refractivity contribution in [2.24, 2.45) is 4.40 Å². The van der Waals surface area contributed by atoms with Crippen molar-refractivity contribution in [3.63, 3.8) is 0 Å². The molecule has 144 valence electrons. The van der Waals surface area contributed by atoms with Gasteiger partial charge in [0.15, 0.2) is 0 Å². The van der Waals surface area contributed by atoms with Crippen LogP contribution in [0.5, 0.6) is 0 Å². The van der Waals surface area contributed by atoms with Crippen LogP contribution in [0.25, 0.3) is 0 Å². The lowest BCUT2D eigenvalue weighted by atomic mass is 9.99. The number of amides is 1. The third-order valence-corrected chi connectivity index (χ3v) is 5.71. The number of nitrogens with zero attached hydrogens (tertiary/aromatic N) is 2. The fourth-order valence-electron chi connectivity index (χ4n) is 3.16. The Morgan fingerprint density at radius 1 is 1.30 bits per heavy atom. The molecular formula is C17H18ClFN4O3S. The first-order valence-corrected chi connectivity index (χ1v) is 9.85. The van der Waals surface area contributed by atoms with Crippen molar-refractivity contribution in [1.82, 2.24) is 10.2 Å². The number of rotatable bonds is 2. The van der Waals surface area contributed by atoms with Gasteiger partial charge in [-0.2, -0.15) is 0 Å². The van der Waals surface area contributed by atoms with Gasteiger partial charge in [-0.1, -0.05) is 6.07 Å². The Morgan fingerprint density at radius 2 is 2.11 bits per heavy atom. The van der Waals surface area contributed by atoms with E-state index in [1.165, 1.54) is 18.4 Å². The maximum Gasteiger partial charge on any atom is 0.257 e. The SMILES string of the molecule is Cl.O=C(Nc1ccc2c(c1F)CCNC2)C1=CN2CCS(=O)(=O)N=C2C=C1. The van der Waals surface area contributed by atoms with E-state index in [1.807, 2.05) is 6.07 Å². The number of nitrogens with one attached hydrogen (secondary N) is 2. The molecule has 0 radical (unpaired) electrons. The number of sulfonamides is 1. The van der Waals surface area contributed by atoms with Gasteiger partial charge in [-0.3, -0.25) is 4.79 Å². The van der Waals surface area contributed by atoms with Gasteiger partial charge in [-0.05, 0) is 42.3 Å². The molecule has 0 unspecified atom stereocenters. The predicted octanol–water partition coefficient (Wildman–Crippen LogP) is 1.33. The Bertz CT molecular complexity index is 988. The zero-order valence-electron chi connectivity index (χ0n) is 14.2. The van der Waals surface area contributed by atoms with E-state index in [2.05, 4.69) is 15.0 Å². The second-order valence-electron chi connectivity index (χ2n) is 6.29. The maximum atomic E-state index is 14.7. The van der Waals surface area contributed by atoms with E-state index >= 15 is 0 Å². The number of amidine groups is 1. The van der Waals surface area contributed by atoms with Crippen molar-refractivity contribution in [2.75, 3.05) is 24.2 Å². The van der Waals surface area contributed by atoms with Crippen LogP contribution in [0.2, 0.25) is 0 Å². The number of hydrogen-bond acceptors (Lipinski definition) is 5. The smallest absolute Gasteiger partial charge is 0.257 e. The highest BCUT2D eigenvalue weighted by Gasteiger charge is 2.25. The Morgan fingerprint density at radius 3 is 2.93 bits per heavy atom. The highest BCUT2D eigenvalue weighted by molar-refractivity contribution is 7.90. The van der Waals surface area contributed by atoms with Crippen LogP contribution in [0.15, 0.2) is 40.5 Å². The van der Waals surface area contributed by atoms with Crippen molar-refractivity contribution >= 4 is 39.9 Å². The van der Waals surface area contributed by atoms with Crippen LogP contribution < -0.4 is 10.6 Å². The highest BCUT2D eigenvalue weighted by atomic mass is 35.5. The lowest BCUT2D eigenvalue weighted by molar-refractivity contribution is -0.112. The molecule has 10 heteroatoms. The van der Waals surface area contributed by atoms with E-state index in [0.29, 0.717) is 30.6 Å². The zero-order chi connectivity index (χ0) is 18.3. The van der Waals surface area contributed by atoms with Crippen molar-refractivity contribution in [3.8, 4) is 0 Å². The molecule has 1 aromatic rings. The Balaban J connectivity index is 0.00000210. The van der Waals surface area contributed by atoms with Crippen LogP contribution in [0.1, 0.15) is 11.1 Å². The molecule has 0 saturated heterocycles.